The van der Waals surface area contributed by atoms with Gasteiger partial charge < -0.3 is 5.32 Å². The van der Waals surface area contributed by atoms with Crippen LogP contribution in [-0.2, 0) is 26.2 Å². The van der Waals surface area contributed by atoms with Gasteiger partial charge in [0.25, 0.3) is 0 Å². The molecule has 0 radical (unpaired) electrons. The fraction of sp³-hybridized carbons (Fsp3) is 0.571. The van der Waals surface area contributed by atoms with E-state index in [0.29, 0.717) is 25.2 Å². The highest BCUT2D eigenvalue weighted by Crippen LogP contribution is 2.12. The molecule has 2 aromatic rings. The van der Waals surface area contributed by atoms with Gasteiger partial charge in [0.05, 0.1) is 11.4 Å². The van der Waals surface area contributed by atoms with Gasteiger partial charge in [0.2, 0.25) is 5.95 Å². The van der Waals surface area contributed by atoms with Crippen molar-refractivity contribution in [1.82, 2.24) is 24.9 Å². The number of nitrogens with one attached hydrogen (secondary N) is 1. The topological polar surface area (TPSA) is 47.7 Å². The van der Waals surface area contributed by atoms with Crippen molar-refractivity contribution in [3.63, 3.8) is 0 Å². The number of rotatable bonds is 7. The Kier molecular flexibility index (Phi) is 4.89. The van der Waals surface area contributed by atoms with Crippen LogP contribution in [0, 0.1) is 12.9 Å². The van der Waals surface area contributed by atoms with Crippen LogP contribution in [0.15, 0.2) is 12.3 Å². The molecule has 0 atom stereocenters. The molecule has 0 saturated carbocycles. The highest BCUT2D eigenvalue weighted by Gasteiger charge is 2.13. The summed E-state index contributed by atoms with van der Waals surface area (Å²) < 4.78 is 17.4. The first-order valence-electron chi connectivity index (χ1n) is 7.10. The van der Waals surface area contributed by atoms with Gasteiger partial charge in [0.1, 0.15) is 0 Å². The number of hydrogen-bond donors (Lipinski definition) is 1. The summed E-state index contributed by atoms with van der Waals surface area (Å²) in [7, 11) is 0. The fourth-order valence-corrected chi connectivity index (χ4v) is 2.24. The number of aromatic nitrogens is 4. The molecule has 2 rings (SSSR count). The van der Waals surface area contributed by atoms with Gasteiger partial charge in [-0.1, -0.05) is 6.92 Å². The van der Waals surface area contributed by atoms with Gasteiger partial charge in [-0.05, 0) is 26.3 Å². The second-order valence-electron chi connectivity index (χ2n) is 4.82. The Bertz CT molecular complexity index is 558. The van der Waals surface area contributed by atoms with E-state index in [1.165, 1.54) is 4.68 Å². The van der Waals surface area contributed by atoms with Crippen LogP contribution in [-0.4, -0.2) is 19.6 Å². The van der Waals surface area contributed by atoms with Crippen LogP contribution in [0.5, 0.6) is 0 Å². The summed E-state index contributed by atoms with van der Waals surface area (Å²) >= 11 is 0. The first-order chi connectivity index (χ1) is 9.67. The maximum atomic E-state index is 14.0. The van der Waals surface area contributed by atoms with Gasteiger partial charge in [-0.3, -0.25) is 4.68 Å². The van der Waals surface area contributed by atoms with E-state index < -0.39 is 0 Å². The lowest BCUT2D eigenvalue weighted by Crippen LogP contribution is -2.17. The van der Waals surface area contributed by atoms with Crippen LogP contribution in [0.2, 0.25) is 0 Å². The average molecular weight is 279 g/mol. The van der Waals surface area contributed by atoms with Crippen LogP contribution < -0.4 is 5.32 Å². The average Bonchev–Trinajstić information content (AvgIpc) is 2.98. The SMILES string of the molecule is CCCn1nccc1CNCc1c(C)nn(CC)c1F. The molecule has 110 valence electrons. The molecule has 0 saturated heterocycles. The molecular formula is C14H22FN5. The predicted octanol–water partition coefficient (Wildman–Crippen LogP) is 2.25. The smallest absolute Gasteiger partial charge is 0.216 e. The molecule has 0 aliphatic heterocycles. The highest BCUT2D eigenvalue weighted by atomic mass is 19.1. The van der Waals surface area contributed by atoms with Crippen LogP contribution in [0.1, 0.15) is 37.2 Å². The Morgan fingerprint density at radius 3 is 2.70 bits per heavy atom. The monoisotopic (exact) mass is 279 g/mol. The Morgan fingerprint density at radius 2 is 2.05 bits per heavy atom. The van der Waals surface area contributed by atoms with Crippen LogP contribution >= 0.6 is 0 Å². The summed E-state index contributed by atoms with van der Waals surface area (Å²) in [4.78, 5) is 0. The van der Waals surface area contributed by atoms with Crippen molar-refractivity contribution >= 4 is 0 Å². The number of hydrogen-bond acceptors (Lipinski definition) is 3. The van der Waals surface area contributed by atoms with Gasteiger partial charge in [-0.25, -0.2) is 4.68 Å². The van der Waals surface area contributed by atoms with Crippen molar-refractivity contribution in [2.45, 2.75) is 53.4 Å². The second-order valence-corrected chi connectivity index (χ2v) is 4.82. The molecule has 0 aromatic carbocycles. The molecule has 20 heavy (non-hydrogen) atoms. The molecule has 5 nitrogen and oxygen atoms in total. The van der Waals surface area contributed by atoms with E-state index >= 15 is 0 Å². The van der Waals surface area contributed by atoms with E-state index in [9.17, 15) is 4.39 Å². The van der Waals surface area contributed by atoms with Gasteiger partial charge in [-0.15, -0.1) is 0 Å². The minimum absolute atomic E-state index is 0.237. The summed E-state index contributed by atoms with van der Waals surface area (Å²) in [5, 5.41) is 11.7. The summed E-state index contributed by atoms with van der Waals surface area (Å²) in [5.41, 5.74) is 2.51. The molecule has 0 aliphatic carbocycles. The number of aryl methyl sites for hydroxylation is 3. The Morgan fingerprint density at radius 1 is 1.25 bits per heavy atom. The van der Waals surface area contributed by atoms with Gasteiger partial charge >= 0.3 is 0 Å². The first-order valence-corrected chi connectivity index (χ1v) is 7.10. The van der Waals surface area contributed by atoms with Crippen LogP contribution in [0.3, 0.4) is 0 Å². The standard InChI is InChI=1S/C14H22FN5/c1-4-8-20-12(6-7-17-20)9-16-10-13-11(3)18-19(5-2)14(13)15/h6-7,16H,4-5,8-10H2,1-3H3. The summed E-state index contributed by atoms with van der Waals surface area (Å²) in [6.45, 7) is 8.46. The zero-order valence-electron chi connectivity index (χ0n) is 12.4. The predicted molar refractivity (Wildman–Crippen MR) is 75.7 cm³/mol. The molecule has 0 fully saturated rings. The first kappa shape index (κ1) is 14.7. The Balaban J connectivity index is 1.96. The van der Waals surface area contributed by atoms with Crippen molar-refractivity contribution in [1.29, 1.82) is 0 Å². The lowest BCUT2D eigenvalue weighted by Gasteiger charge is -2.07. The van der Waals surface area contributed by atoms with Gasteiger partial charge in [0.15, 0.2) is 0 Å². The van der Waals surface area contributed by atoms with Gasteiger partial charge in [-0.2, -0.15) is 14.6 Å². The third-order valence-corrected chi connectivity index (χ3v) is 3.33. The third-order valence-electron chi connectivity index (χ3n) is 3.33. The lowest BCUT2D eigenvalue weighted by atomic mass is 10.2. The van der Waals surface area contributed by atoms with Crippen LogP contribution in [0.25, 0.3) is 0 Å². The normalized spacial score (nSPS) is 11.2. The molecule has 0 bridgehead atoms. The van der Waals surface area contributed by atoms with Gasteiger partial charge in [0, 0.05) is 37.9 Å². The van der Waals surface area contributed by atoms with Crippen molar-refractivity contribution in [3.8, 4) is 0 Å². The van der Waals surface area contributed by atoms with E-state index in [1.54, 1.807) is 6.20 Å². The molecule has 0 aliphatic rings. The minimum Gasteiger partial charge on any atom is -0.307 e. The van der Waals surface area contributed by atoms with E-state index in [-0.39, 0.29) is 5.95 Å². The molecule has 2 heterocycles. The largest absolute Gasteiger partial charge is 0.307 e. The molecule has 0 unspecified atom stereocenters. The van der Waals surface area contributed by atoms with Crippen LogP contribution in [0.4, 0.5) is 4.39 Å². The van der Waals surface area contributed by atoms with Crippen molar-refractivity contribution in [2.75, 3.05) is 0 Å². The third kappa shape index (κ3) is 3.07. The summed E-state index contributed by atoms with van der Waals surface area (Å²) in [6, 6.07) is 1.99. The fourth-order valence-electron chi connectivity index (χ4n) is 2.24. The van der Waals surface area contributed by atoms with E-state index in [2.05, 4.69) is 22.4 Å². The molecular weight excluding hydrogens is 257 g/mol. The van der Waals surface area contributed by atoms with E-state index in [0.717, 1.165) is 24.4 Å². The molecule has 0 spiro atoms. The molecule has 0 amide bonds. The molecule has 2 aromatic heterocycles. The van der Waals surface area contributed by atoms with E-state index in [4.69, 9.17) is 0 Å². The second kappa shape index (κ2) is 6.65. The zero-order valence-corrected chi connectivity index (χ0v) is 12.4. The minimum atomic E-state index is -0.237. The Hall–Kier alpha value is -1.69. The summed E-state index contributed by atoms with van der Waals surface area (Å²) in [6.07, 6.45) is 2.85. The Labute approximate surface area is 118 Å². The maximum absolute atomic E-state index is 14.0. The summed E-state index contributed by atoms with van der Waals surface area (Å²) in [5.74, 6) is -0.237. The van der Waals surface area contributed by atoms with Crippen molar-refractivity contribution in [2.24, 2.45) is 0 Å². The molecule has 1 N–H and O–H groups in total. The van der Waals surface area contributed by atoms with Crippen molar-refractivity contribution < 1.29 is 4.39 Å². The van der Waals surface area contributed by atoms with E-state index in [1.807, 2.05) is 24.6 Å². The number of nitrogens with zero attached hydrogens (tertiary/aromatic N) is 4. The quantitative estimate of drug-likeness (QED) is 0.845. The lowest BCUT2D eigenvalue weighted by molar-refractivity contribution is 0.459. The zero-order chi connectivity index (χ0) is 14.5. The van der Waals surface area contributed by atoms with Crippen molar-refractivity contribution in [3.05, 3.63) is 35.2 Å². The highest BCUT2D eigenvalue weighted by molar-refractivity contribution is 5.17. The number of halogens is 1. The molecule has 6 heteroatoms. The maximum Gasteiger partial charge on any atom is 0.216 e.